The summed E-state index contributed by atoms with van der Waals surface area (Å²) in [6, 6.07) is 0. The van der Waals surface area contributed by atoms with Gasteiger partial charge in [0.15, 0.2) is 0 Å². The standard InChI is InChI=1S/C12H20O2/c1-11(2,3)9-4-6-12(7-5-9)8-10(13)14-12/h9H,4-8H2,1-3H3. The highest BCUT2D eigenvalue weighted by Crippen LogP contribution is 2.47. The van der Waals surface area contributed by atoms with Gasteiger partial charge in [0.25, 0.3) is 0 Å². The molecule has 1 aliphatic carbocycles. The quantitative estimate of drug-likeness (QED) is 0.557. The Morgan fingerprint density at radius 3 is 2.14 bits per heavy atom. The lowest BCUT2D eigenvalue weighted by molar-refractivity contribution is -0.200. The lowest BCUT2D eigenvalue weighted by atomic mass is 9.66. The molecule has 1 aliphatic heterocycles. The van der Waals surface area contributed by atoms with E-state index in [2.05, 4.69) is 20.8 Å². The maximum absolute atomic E-state index is 10.8. The van der Waals surface area contributed by atoms with Gasteiger partial charge in [0.05, 0.1) is 6.42 Å². The van der Waals surface area contributed by atoms with E-state index in [0.717, 1.165) is 18.8 Å². The zero-order chi connectivity index (χ0) is 10.4. The molecule has 0 N–H and O–H groups in total. The molecule has 80 valence electrons. The molecule has 0 aromatic rings. The normalized spacial score (nSPS) is 37.9. The van der Waals surface area contributed by atoms with Crippen molar-refractivity contribution < 1.29 is 9.53 Å². The maximum atomic E-state index is 10.8. The van der Waals surface area contributed by atoms with E-state index in [1.165, 1.54) is 12.8 Å². The number of ether oxygens (including phenoxy) is 1. The summed E-state index contributed by atoms with van der Waals surface area (Å²) in [6.45, 7) is 6.92. The Morgan fingerprint density at radius 2 is 1.79 bits per heavy atom. The van der Waals surface area contributed by atoms with Crippen LogP contribution in [0.15, 0.2) is 0 Å². The number of hydrogen-bond acceptors (Lipinski definition) is 2. The molecule has 2 fully saturated rings. The van der Waals surface area contributed by atoms with Crippen LogP contribution < -0.4 is 0 Å². The van der Waals surface area contributed by atoms with Crippen LogP contribution in [-0.2, 0) is 9.53 Å². The van der Waals surface area contributed by atoms with Gasteiger partial charge in [0.2, 0.25) is 0 Å². The van der Waals surface area contributed by atoms with Gasteiger partial charge in [-0.1, -0.05) is 20.8 Å². The second-order valence-electron chi connectivity index (χ2n) is 5.97. The average molecular weight is 196 g/mol. The van der Waals surface area contributed by atoms with Crippen LogP contribution in [0.3, 0.4) is 0 Å². The van der Waals surface area contributed by atoms with E-state index >= 15 is 0 Å². The SMILES string of the molecule is CC(C)(C)C1CCC2(CC1)CC(=O)O2. The fourth-order valence-corrected chi connectivity index (χ4v) is 2.78. The van der Waals surface area contributed by atoms with Gasteiger partial charge >= 0.3 is 5.97 Å². The van der Waals surface area contributed by atoms with Crippen LogP contribution in [0.1, 0.15) is 52.9 Å². The molecule has 1 spiro atoms. The molecule has 0 radical (unpaired) electrons. The molecule has 2 nitrogen and oxygen atoms in total. The molecule has 0 amide bonds. The first-order valence-corrected chi connectivity index (χ1v) is 5.63. The van der Waals surface area contributed by atoms with Crippen molar-refractivity contribution in [3.63, 3.8) is 0 Å². The second kappa shape index (κ2) is 2.98. The first-order chi connectivity index (χ1) is 6.41. The van der Waals surface area contributed by atoms with E-state index in [1.54, 1.807) is 0 Å². The molecular weight excluding hydrogens is 176 g/mol. The topological polar surface area (TPSA) is 26.3 Å². The molecule has 1 saturated carbocycles. The minimum absolute atomic E-state index is 0.000733. The smallest absolute Gasteiger partial charge is 0.310 e. The number of hydrogen-bond donors (Lipinski definition) is 0. The predicted octanol–water partition coefficient (Wildman–Crippen LogP) is 2.91. The molecule has 2 aliphatic rings. The number of rotatable bonds is 0. The van der Waals surface area contributed by atoms with Gasteiger partial charge in [-0.05, 0) is 37.0 Å². The Morgan fingerprint density at radius 1 is 1.29 bits per heavy atom. The molecule has 2 heteroatoms. The van der Waals surface area contributed by atoms with Crippen LogP contribution >= 0.6 is 0 Å². The summed E-state index contributed by atoms with van der Waals surface area (Å²) < 4.78 is 5.29. The summed E-state index contributed by atoms with van der Waals surface area (Å²) in [5.74, 6) is 0.798. The van der Waals surface area contributed by atoms with Gasteiger partial charge in [0, 0.05) is 0 Å². The third-order valence-corrected chi connectivity index (χ3v) is 3.92. The summed E-state index contributed by atoms with van der Waals surface area (Å²) in [5, 5.41) is 0. The van der Waals surface area contributed by atoms with E-state index in [9.17, 15) is 4.79 Å². The molecule has 0 bridgehead atoms. The van der Waals surface area contributed by atoms with Gasteiger partial charge in [-0.15, -0.1) is 0 Å². The third-order valence-electron chi connectivity index (χ3n) is 3.92. The molecule has 0 unspecified atom stereocenters. The lowest BCUT2D eigenvalue weighted by Crippen LogP contribution is -2.50. The second-order valence-corrected chi connectivity index (χ2v) is 5.97. The molecule has 1 heterocycles. The van der Waals surface area contributed by atoms with E-state index in [1.807, 2.05) is 0 Å². The van der Waals surface area contributed by atoms with Crippen molar-refractivity contribution in [3.05, 3.63) is 0 Å². The van der Waals surface area contributed by atoms with E-state index in [-0.39, 0.29) is 11.6 Å². The summed E-state index contributed by atoms with van der Waals surface area (Å²) in [6.07, 6.45) is 5.28. The van der Waals surface area contributed by atoms with Crippen LogP contribution in [-0.4, -0.2) is 11.6 Å². The average Bonchev–Trinajstić information content (AvgIpc) is 2.01. The maximum Gasteiger partial charge on any atom is 0.310 e. The van der Waals surface area contributed by atoms with Crippen LogP contribution in [0.4, 0.5) is 0 Å². The highest BCUT2D eigenvalue weighted by Gasteiger charge is 2.49. The molecule has 0 aromatic heterocycles. The monoisotopic (exact) mass is 196 g/mol. The van der Waals surface area contributed by atoms with Crippen molar-refractivity contribution in [2.24, 2.45) is 11.3 Å². The Labute approximate surface area is 86.0 Å². The van der Waals surface area contributed by atoms with Crippen molar-refractivity contribution in [1.82, 2.24) is 0 Å². The van der Waals surface area contributed by atoms with Gasteiger partial charge in [0.1, 0.15) is 5.60 Å². The third kappa shape index (κ3) is 1.67. The fraction of sp³-hybridized carbons (Fsp3) is 0.917. The Hall–Kier alpha value is -0.530. The van der Waals surface area contributed by atoms with Crippen molar-refractivity contribution in [2.75, 3.05) is 0 Å². The number of carbonyl (C=O) groups excluding carboxylic acids is 1. The van der Waals surface area contributed by atoms with Crippen molar-refractivity contribution in [3.8, 4) is 0 Å². The molecular formula is C12H20O2. The van der Waals surface area contributed by atoms with Crippen molar-refractivity contribution in [1.29, 1.82) is 0 Å². The van der Waals surface area contributed by atoms with Gasteiger partial charge in [-0.2, -0.15) is 0 Å². The Balaban J connectivity index is 1.90. The van der Waals surface area contributed by atoms with Crippen LogP contribution in [0.2, 0.25) is 0 Å². The molecule has 1 saturated heterocycles. The van der Waals surface area contributed by atoms with Crippen LogP contribution in [0, 0.1) is 11.3 Å². The van der Waals surface area contributed by atoms with Crippen molar-refractivity contribution >= 4 is 5.97 Å². The first-order valence-electron chi connectivity index (χ1n) is 5.63. The van der Waals surface area contributed by atoms with E-state index < -0.39 is 0 Å². The van der Waals surface area contributed by atoms with Crippen molar-refractivity contribution in [2.45, 2.75) is 58.5 Å². The largest absolute Gasteiger partial charge is 0.458 e. The number of carbonyl (C=O) groups is 1. The molecule has 2 rings (SSSR count). The molecule has 0 atom stereocenters. The Bertz CT molecular complexity index is 232. The lowest BCUT2D eigenvalue weighted by Gasteiger charge is -2.47. The summed E-state index contributed by atoms with van der Waals surface area (Å²) in [5.41, 5.74) is 0.383. The summed E-state index contributed by atoms with van der Waals surface area (Å²) >= 11 is 0. The summed E-state index contributed by atoms with van der Waals surface area (Å²) in [4.78, 5) is 10.8. The number of esters is 1. The van der Waals surface area contributed by atoms with E-state index in [0.29, 0.717) is 11.8 Å². The molecule has 14 heavy (non-hydrogen) atoms. The minimum atomic E-state index is -0.0289. The van der Waals surface area contributed by atoms with Crippen LogP contribution in [0.5, 0.6) is 0 Å². The summed E-state index contributed by atoms with van der Waals surface area (Å²) in [7, 11) is 0. The van der Waals surface area contributed by atoms with Gasteiger partial charge in [-0.3, -0.25) is 4.79 Å². The van der Waals surface area contributed by atoms with Gasteiger partial charge in [-0.25, -0.2) is 0 Å². The van der Waals surface area contributed by atoms with Gasteiger partial charge < -0.3 is 4.74 Å². The first kappa shape index (κ1) is 10.0. The Kier molecular flexibility index (Phi) is 2.13. The zero-order valence-corrected chi connectivity index (χ0v) is 9.43. The van der Waals surface area contributed by atoms with E-state index in [4.69, 9.17) is 4.74 Å². The van der Waals surface area contributed by atoms with Crippen LogP contribution in [0.25, 0.3) is 0 Å². The zero-order valence-electron chi connectivity index (χ0n) is 9.43. The minimum Gasteiger partial charge on any atom is -0.458 e. The molecule has 0 aromatic carbocycles. The predicted molar refractivity (Wildman–Crippen MR) is 54.9 cm³/mol. The highest BCUT2D eigenvalue weighted by molar-refractivity contribution is 5.77. The fourth-order valence-electron chi connectivity index (χ4n) is 2.78. The highest BCUT2D eigenvalue weighted by atomic mass is 16.6.